The maximum Gasteiger partial charge on any atom is 0.387 e. The van der Waals surface area contributed by atoms with E-state index in [2.05, 4.69) is 15.4 Å². The summed E-state index contributed by atoms with van der Waals surface area (Å²) in [4.78, 5) is 11.7. The number of hydrogen-bond donors (Lipinski definition) is 2. The summed E-state index contributed by atoms with van der Waals surface area (Å²) in [6.07, 6.45) is 0.773. The molecule has 0 bridgehead atoms. The molecular weight excluding hydrogens is 254 g/mol. The van der Waals surface area contributed by atoms with Crippen LogP contribution in [0.5, 0.6) is 5.75 Å². The molecule has 0 atom stereocenters. The molecule has 0 fully saturated rings. The summed E-state index contributed by atoms with van der Waals surface area (Å²) in [7, 11) is 0. The maximum absolute atomic E-state index is 12.1. The van der Waals surface area contributed by atoms with Crippen molar-refractivity contribution in [3.05, 3.63) is 24.3 Å². The number of halogens is 2. The monoisotopic (exact) mass is 272 g/mol. The first kappa shape index (κ1) is 15.2. The number of anilines is 1. The van der Waals surface area contributed by atoms with E-state index in [0.717, 1.165) is 6.42 Å². The minimum atomic E-state index is -2.89. The number of benzene rings is 1. The van der Waals surface area contributed by atoms with Crippen molar-refractivity contribution in [2.24, 2.45) is 0 Å². The van der Waals surface area contributed by atoms with E-state index in [1.165, 1.54) is 18.2 Å². The van der Waals surface area contributed by atoms with Crippen LogP contribution in [0.3, 0.4) is 0 Å². The van der Waals surface area contributed by atoms with Crippen molar-refractivity contribution in [1.82, 2.24) is 5.32 Å². The van der Waals surface area contributed by atoms with Gasteiger partial charge in [-0.3, -0.25) is 0 Å². The van der Waals surface area contributed by atoms with Crippen molar-refractivity contribution in [2.75, 3.05) is 5.32 Å². The minimum Gasteiger partial charge on any atom is -0.435 e. The van der Waals surface area contributed by atoms with Crippen molar-refractivity contribution in [3.63, 3.8) is 0 Å². The molecule has 2 amide bonds. The molecule has 0 radical (unpaired) electrons. The summed E-state index contributed by atoms with van der Waals surface area (Å²) in [5.74, 6) is 0.00236. The zero-order chi connectivity index (χ0) is 14.5. The van der Waals surface area contributed by atoms with Gasteiger partial charge in [-0.25, -0.2) is 4.79 Å². The Labute approximate surface area is 111 Å². The Hall–Kier alpha value is -1.85. The van der Waals surface area contributed by atoms with Gasteiger partial charge in [-0.1, -0.05) is 13.0 Å². The molecule has 2 N–H and O–H groups in total. The normalized spacial score (nSPS) is 11.3. The second-order valence-electron chi connectivity index (χ2n) is 4.72. The molecule has 6 heteroatoms. The molecular formula is C13H18F2N2O2. The molecule has 1 rings (SSSR count). The molecule has 0 aliphatic carbocycles. The SMILES string of the molecule is CCC(C)(C)NC(=O)Nc1cccc(OC(F)F)c1. The molecule has 106 valence electrons. The lowest BCUT2D eigenvalue weighted by atomic mass is 10.0. The third kappa shape index (κ3) is 5.54. The summed E-state index contributed by atoms with van der Waals surface area (Å²) in [5.41, 5.74) is 0.0591. The lowest BCUT2D eigenvalue weighted by Crippen LogP contribution is -2.45. The number of ether oxygens (including phenoxy) is 1. The fourth-order valence-electron chi connectivity index (χ4n) is 1.31. The predicted molar refractivity (Wildman–Crippen MR) is 69.6 cm³/mol. The van der Waals surface area contributed by atoms with Gasteiger partial charge in [0.15, 0.2) is 0 Å². The number of carbonyl (C=O) groups is 1. The molecule has 1 aromatic rings. The summed E-state index contributed by atoms with van der Waals surface area (Å²) in [6.45, 7) is 2.85. The average Bonchev–Trinajstić information content (AvgIpc) is 2.27. The number of hydrogen-bond acceptors (Lipinski definition) is 2. The zero-order valence-corrected chi connectivity index (χ0v) is 11.2. The lowest BCUT2D eigenvalue weighted by Gasteiger charge is -2.24. The molecule has 0 saturated heterocycles. The van der Waals surface area contributed by atoms with E-state index in [-0.39, 0.29) is 17.3 Å². The summed E-state index contributed by atoms with van der Waals surface area (Å²) in [6, 6.07) is 5.46. The zero-order valence-electron chi connectivity index (χ0n) is 11.2. The summed E-state index contributed by atoms with van der Waals surface area (Å²) >= 11 is 0. The highest BCUT2D eigenvalue weighted by Crippen LogP contribution is 2.19. The van der Waals surface area contributed by atoms with Crippen LogP contribution in [0.2, 0.25) is 0 Å². The van der Waals surface area contributed by atoms with Crippen LogP contribution in [0.1, 0.15) is 27.2 Å². The van der Waals surface area contributed by atoms with E-state index in [1.807, 2.05) is 20.8 Å². The number of carbonyl (C=O) groups excluding carboxylic acids is 1. The Morgan fingerprint density at radius 1 is 1.42 bits per heavy atom. The van der Waals surface area contributed by atoms with Gasteiger partial charge in [-0.05, 0) is 32.4 Å². The van der Waals surface area contributed by atoms with E-state index in [9.17, 15) is 13.6 Å². The number of alkyl halides is 2. The number of rotatable bonds is 5. The molecule has 0 aromatic heterocycles. The second kappa shape index (κ2) is 6.36. The smallest absolute Gasteiger partial charge is 0.387 e. The molecule has 0 spiro atoms. The third-order valence-electron chi connectivity index (χ3n) is 2.65. The first-order valence-electron chi connectivity index (χ1n) is 5.96. The first-order valence-corrected chi connectivity index (χ1v) is 5.96. The van der Waals surface area contributed by atoms with Crippen LogP contribution in [0, 0.1) is 0 Å². The highest BCUT2D eigenvalue weighted by atomic mass is 19.3. The minimum absolute atomic E-state index is 0.00236. The van der Waals surface area contributed by atoms with Crippen LogP contribution in [-0.2, 0) is 0 Å². The quantitative estimate of drug-likeness (QED) is 0.860. The Kier molecular flexibility index (Phi) is 5.09. The van der Waals surface area contributed by atoms with Crippen LogP contribution in [0.4, 0.5) is 19.3 Å². The summed E-state index contributed by atoms with van der Waals surface area (Å²) < 4.78 is 28.4. The first-order chi connectivity index (χ1) is 8.82. The van der Waals surface area contributed by atoms with Crippen molar-refractivity contribution < 1.29 is 18.3 Å². The number of urea groups is 1. The van der Waals surface area contributed by atoms with Gasteiger partial charge in [0.2, 0.25) is 0 Å². The molecule has 0 heterocycles. The Morgan fingerprint density at radius 2 is 2.11 bits per heavy atom. The van der Waals surface area contributed by atoms with Gasteiger partial charge in [0, 0.05) is 17.3 Å². The van der Waals surface area contributed by atoms with Gasteiger partial charge in [0.1, 0.15) is 5.75 Å². The van der Waals surface area contributed by atoms with E-state index >= 15 is 0 Å². The molecule has 4 nitrogen and oxygen atoms in total. The van der Waals surface area contributed by atoms with E-state index in [0.29, 0.717) is 5.69 Å². The molecule has 0 aliphatic heterocycles. The van der Waals surface area contributed by atoms with E-state index in [4.69, 9.17) is 0 Å². The van der Waals surface area contributed by atoms with Crippen molar-refractivity contribution in [3.8, 4) is 5.75 Å². The molecule has 19 heavy (non-hydrogen) atoms. The van der Waals surface area contributed by atoms with Gasteiger partial charge in [-0.15, -0.1) is 0 Å². The van der Waals surface area contributed by atoms with E-state index in [1.54, 1.807) is 6.07 Å². The molecule has 0 saturated carbocycles. The third-order valence-corrected chi connectivity index (χ3v) is 2.65. The highest BCUT2D eigenvalue weighted by Gasteiger charge is 2.17. The molecule has 1 aromatic carbocycles. The predicted octanol–water partition coefficient (Wildman–Crippen LogP) is 3.60. The standard InChI is InChI=1S/C13H18F2N2O2/c1-4-13(2,3)17-12(18)16-9-6-5-7-10(8-9)19-11(14)15/h5-8,11H,4H2,1-3H3,(H2,16,17,18). The lowest BCUT2D eigenvalue weighted by molar-refractivity contribution is -0.0497. The fraction of sp³-hybridized carbons (Fsp3) is 0.462. The van der Waals surface area contributed by atoms with Gasteiger partial charge in [-0.2, -0.15) is 8.78 Å². The Bertz CT molecular complexity index is 436. The number of amides is 2. The van der Waals surface area contributed by atoms with Crippen LogP contribution in [0.15, 0.2) is 24.3 Å². The van der Waals surface area contributed by atoms with Gasteiger partial charge in [0.25, 0.3) is 0 Å². The van der Waals surface area contributed by atoms with Crippen LogP contribution < -0.4 is 15.4 Å². The van der Waals surface area contributed by atoms with Crippen molar-refractivity contribution >= 4 is 11.7 Å². The van der Waals surface area contributed by atoms with Crippen LogP contribution in [-0.4, -0.2) is 18.2 Å². The Balaban J connectivity index is 2.64. The second-order valence-corrected chi connectivity index (χ2v) is 4.72. The van der Waals surface area contributed by atoms with E-state index < -0.39 is 6.61 Å². The van der Waals surface area contributed by atoms with Crippen LogP contribution in [0.25, 0.3) is 0 Å². The molecule has 0 unspecified atom stereocenters. The molecule has 0 aliphatic rings. The topological polar surface area (TPSA) is 50.4 Å². The van der Waals surface area contributed by atoms with Gasteiger partial charge in [0.05, 0.1) is 0 Å². The summed E-state index contributed by atoms with van der Waals surface area (Å²) in [5, 5.41) is 5.35. The highest BCUT2D eigenvalue weighted by molar-refractivity contribution is 5.89. The average molecular weight is 272 g/mol. The largest absolute Gasteiger partial charge is 0.435 e. The van der Waals surface area contributed by atoms with Crippen molar-refractivity contribution in [2.45, 2.75) is 39.3 Å². The fourth-order valence-corrected chi connectivity index (χ4v) is 1.31. The Morgan fingerprint density at radius 3 is 2.68 bits per heavy atom. The maximum atomic E-state index is 12.1. The van der Waals surface area contributed by atoms with Crippen LogP contribution >= 0.6 is 0 Å². The number of nitrogens with one attached hydrogen (secondary N) is 2. The van der Waals surface area contributed by atoms with Gasteiger partial charge < -0.3 is 15.4 Å². The van der Waals surface area contributed by atoms with Crippen molar-refractivity contribution in [1.29, 1.82) is 0 Å². The van der Waals surface area contributed by atoms with Gasteiger partial charge >= 0.3 is 12.6 Å².